The molecule has 0 unspecified atom stereocenters. The predicted octanol–water partition coefficient (Wildman–Crippen LogP) is 2.47. The van der Waals surface area contributed by atoms with Gasteiger partial charge in [0.25, 0.3) is 5.70 Å². The molecule has 0 aliphatic carbocycles. The second kappa shape index (κ2) is 5.69. The smallest absolute Gasteiger partial charge is 0.290 e. The van der Waals surface area contributed by atoms with E-state index in [0.717, 1.165) is 0 Å². The fraction of sp³-hybridized carbons (Fsp3) is 0.100. The van der Waals surface area contributed by atoms with Crippen LogP contribution in [0.15, 0.2) is 35.1 Å². The van der Waals surface area contributed by atoms with E-state index in [0.29, 0.717) is 10.8 Å². The van der Waals surface area contributed by atoms with Gasteiger partial charge in [-0.05, 0) is 18.4 Å². The summed E-state index contributed by atoms with van der Waals surface area (Å²) in [4.78, 5) is 7.18. The molecule has 0 aliphatic heterocycles. The summed E-state index contributed by atoms with van der Waals surface area (Å²) in [7, 11) is 0. The van der Waals surface area contributed by atoms with Gasteiger partial charge in [-0.1, -0.05) is 6.07 Å². The lowest BCUT2D eigenvalue weighted by molar-refractivity contribution is 1.30. The number of aromatic nitrogens is 1. The normalized spacial score (nSPS) is 10.9. The number of rotatable bonds is 3. The summed E-state index contributed by atoms with van der Waals surface area (Å²) in [6, 6.07) is 7.24. The Labute approximate surface area is 92.5 Å². The van der Waals surface area contributed by atoms with Gasteiger partial charge < -0.3 is 5.32 Å². The third-order valence-electron chi connectivity index (χ3n) is 1.54. The fourth-order valence-electron chi connectivity index (χ4n) is 0.886. The van der Waals surface area contributed by atoms with Gasteiger partial charge in [0.1, 0.15) is 5.82 Å². The van der Waals surface area contributed by atoms with Crippen molar-refractivity contribution >= 4 is 17.6 Å². The molecule has 1 aromatic heterocycles. The van der Waals surface area contributed by atoms with Crippen molar-refractivity contribution in [2.75, 3.05) is 11.6 Å². The number of allylic oxidation sites excluding steroid dienone is 1. The maximum atomic E-state index is 8.71. The van der Waals surface area contributed by atoms with Crippen LogP contribution in [0.3, 0.4) is 0 Å². The van der Waals surface area contributed by atoms with Crippen LogP contribution in [-0.4, -0.2) is 11.2 Å². The molecule has 0 spiro atoms. The average Bonchev–Trinajstić information content (AvgIpc) is 2.30. The Morgan fingerprint density at radius 2 is 2.47 bits per heavy atom. The molecule has 0 saturated heterocycles. The van der Waals surface area contributed by atoms with Crippen molar-refractivity contribution in [3.05, 3.63) is 46.5 Å². The van der Waals surface area contributed by atoms with Crippen molar-refractivity contribution in [1.29, 1.82) is 5.26 Å². The van der Waals surface area contributed by atoms with Gasteiger partial charge in [0.15, 0.2) is 0 Å². The number of thioether (sulfide) groups is 1. The first-order valence-corrected chi connectivity index (χ1v) is 5.28. The second-order valence-corrected chi connectivity index (χ2v) is 3.26. The molecular weight excluding hydrogens is 208 g/mol. The van der Waals surface area contributed by atoms with E-state index in [9.17, 15) is 0 Å². The van der Waals surface area contributed by atoms with E-state index in [1.807, 2.05) is 12.1 Å². The summed E-state index contributed by atoms with van der Waals surface area (Å²) < 4.78 is 0. The molecular formula is C10H8N4S. The topological polar surface area (TPSA) is 53.1 Å². The molecule has 5 heteroatoms. The first-order valence-electron chi connectivity index (χ1n) is 4.05. The van der Waals surface area contributed by atoms with E-state index in [1.54, 1.807) is 24.6 Å². The molecule has 0 bridgehead atoms. The minimum atomic E-state index is 0.0492. The Morgan fingerprint density at radius 1 is 1.67 bits per heavy atom. The second-order valence-electron chi connectivity index (χ2n) is 2.45. The lowest BCUT2D eigenvalue weighted by Gasteiger charge is -2.06. The molecule has 0 radical (unpaired) electrons. The van der Waals surface area contributed by atoms with Crippen molar-refractivity contribution in [2.24, 2.45) is 0 Å². The Morgan fingerprint density at radius 3 is 2.93 bits per heavy atom. The molecule has 0 saturated carbocycles. The van der Waals surface area contributed by atoms with E-state index in [2.05, 4.69) is 15.1 Å². The highest BCUT2D eigenvalue weighted by Crippen LogP contribution is 2.19. The number of nitrogens with zero attached hydrogens (tertiary/aromatic N) is 3. The van der Waals surface area contributed by atoms with Gasteiger partial charge in [-0.2, -0.15) is 0 Å². The highest BCUT2D eigenvalue weighted by atomic mass is 32.2. The molecule has 0 aliphatic rings. The molecule has 4 nitrogen and oxygen atoms in total. The fourth-order valence-corrected chi connectivity index (χ4v) is 1.38. The highest BCUT2D eigenvalue weighted by Gasteiger charge is 2.05. The Balaban J connectivity index is 2.95. The number of hydrogen-bond acceptors (Lipinski definition) is 4. The third kappa shape index (κ3) is 3.01. The summed E-state index contributed by atoms with van der Waals surface area (Å²) in [6.07, 6.45) is 3.44. The number of nitriles is 1. The van der Waals surface area contributed by atoms with E-state index in [1.165, 1.54) is 11.8 Å². The first kappa shape index (κ1) is 11.1. The third-order valence-corrected chi connectivity index (χ3v) is 2.25. The molecule has 0 aromatic carbocycles. The zero-order chi connectivity index (χ0) is 11.1. The van der Waals surface area contributed by atoms with Crippen molar-refractivity contribution in [3.63, 3.8) is 0 Å². The maximum absolute atomic E-state index is 8.71. The van der Waals surface area contributed by atoms with E-state index >= 15 is 0 Å². The summed E-state index contributed by atoms with van der Waals surface area (Å²) in [6.45, 7) is 6.83. The van der Waals surface area contributed by atoms with Gasteiger partial charge in [0.2, 0.25) is 0 Å². The molecule has 0 fully saturated rings. The number of anilines is 1. The van der Waals surface area contributed by atoms with Crippen LogP contribution in [0.25, 0.3) is 4.85 Å². The van der Waals surface area contributed by atoms with Gasteiger partial charge in [-0.3, -0.25) is 0 Å². The molecule has 0 atom stereocenters. The monoisotopic (exact) mass is 216 g/mol. The number of pyridine rings is 1. The van der Waals surface area contributed by atoms with Crippen molar-refractivity contribution in [1.82, 2.24) is 4.98 Å². The van der Waals surface area contributed by atoms with E-state index < -0.39 is 0 Å². The molecule has 1 heterocycles. The summed E-state index contributed by atoms with van der Waals surface area (Å²) >= 11 is 1.31. The molecule has 0 amide bonds. The molecule has 1 aromatic rings. The van der Waals surface area contributed by atoms with Crippen molar-refractivity contribution in [3.8, 4) is 6.07 Å². The van der Waals surface area contributed by atoms with Crippen LogP contribution in [0.2, 0.25) is 0 Å². The standard InChI is InChI=1S/C10H8N4S/c1-12-8(7-11)10(15-2)14-9-5-3-4-6-13-9/h3-6H,2H3,(H,13,14)/b10-8+. The first-order chi connectivity index (χ1) is 7.31. The van der Waals surface area contributed by atoms with Crippen LogP contribution in [0.1, 0.15) is 0 Å². The maximum Gasteiger partial charge on any atom is 0.290 e. The largest absolute Gasteiger partial charge is 0.343 e. The van der Waals surface area contributed by atoms with E-state index in [-0.39, 0.29) is 5.70 Å². The SMILES string of the molecule is [C-]#[N+]/C(C#N)=C(\Nc1ccccn1)SC. The summed E-state index contributed by atoms with van der Waals surface area (Å²) in [5.41, 5.74) is 0.0492. The van der Waals surface area contributed by atoms with Crippen LogP contribution in [0.4, 0.5) is 5.82 Å². The van der Waals surface area contributed by atoms with Crippen LogP contribution in [0, 0.1) is 17.9 Å². The van der Waals surface area contributed by atoms with Gasteiger partial charge in [-0.15, -0.1) is 11.8 Å². The van der Waals surface area contributed by atoms with Gasteiger partial charge in [0, 0.05) is 6.20 Å². The quantitative estimate of drug-likeness (QED) is 0.623. The summed E-state index contributed by atoms with van der Waals surface area (Å²) in [5.74, 6) is 0.623. The van der Waals surface area contributed by atoms with Crippen LogP contribution >= 0.6 is 11.8 Å². The number of hydrogen-bond donors (Lipinski definition) is 1. The van der Waals surface area contributed by atoms with Gasteiger partial charge >= 0.3 is 0 Å². The molecule has 15 heavy (non-hydrogen) atoms. The molecule has 1 rings (SSSR count). The zero-order valence-corrected chi connectivity index (χ0v) is 8.88. The lowest BCUT2D eigenvalue weighted by Crippen LogP contribution is -1.99. The Hall–Kier alpha value is -1.98. The van der Waals surface area contributed by atoms with Crippen molar-refractivity contribution < 1.29 is 0 Å². The summed E-state index contributed by atoms with van der Waals surface area (Å²) in [5, 5.41) is 12.2. The molecule has 1 N–H and O–H groups in total. The molecule has 74 valence electrons. The predicted molar refractivity (Wildman–Crippen MR) is 60.6 cm³/mol. The Bertz CT molecular complexity index is 423. The average molecular weight is 216 g/mol. The van der Waals surface area contributed by atoms with Gasteiger partial charge in [0.05, 0.1) is 17.7 Å². The number of nitrogens with one attached hydrogen (secondary N) is 1. The van der Waals surface area contributed by atoms with Crippen LogP contribution in [-0.2, 0) is 0 Å². The Kier molecular flexibility index (Phi) is 4.21. The zero-order valence-electron chi connectivity index (χ0n) is 8.06. The van der Waals surface area contributed by atoms with Gasteiger partial charge in [-0.25, -0.2) is 15.1 Å². The highest BCUT2D eigenvalue weighted by molar-refractivity contribution is 8.02. The van der Waals surface area contributed by atoms with E-state index in [4.69, 9.17) is 11.8 Å². The van der Waals surface area contributed by atoms with Crippen LogP contribution in [0.5, 0.6) is 0 Å². The lowest BCUT2D eigenvalue weighted by atomic mass is 10.4. The van der Waals surface area contributed by atoms with Crippen molar-refractivity contribution in [2.45, 2.75) is 0 Å². The van der Waals surface area contributed by atoms with Crippen LogP contribution < -0.4 is 5.32 Å². The minimum absolute atomic E-state index is 0.0492. The minimum Gasteiger partial charge on any atom is -0.343 e.